The highest BCUT2D eigenvalue weighted by atomic mass is 35.5. The van der Waals surface area contributed by atoms with E-state index in [4.69, 9.17) is 17.3 Å². The third kappa shape index (κ3) is 4.19. The maximum atomic E-state index is 11.7. The fourth-order valence-electron chi connectivity index (χ4n) is 2.56. The summed E-state index contributed by atoms with van der Waals surface area (Å²) in [5.41, 5.74) is 6.41. The van der Waals surface area contributed by atoms with E-state index in [-0.39, 0.29) is 17.7 Å². The van der Waals surface area contributed by atoms with Gasteiger partial charge in [-0.05, 0) is 17.7 Å². The molecule has 1 aromatic carbocycles. The van der Waals surface area contributed by atoms with Gasteiger partial charge in [-0.25, -0.2) is 0 Å². The predicted molar refractivity (Wildman–Crippen MR) is 82.1 cm³/mol. The lowest BCUT2D eigenvalue weighted by molar-refractivity contribution is -0.131. The molecule has 0 bridgehead atoms. The summed E-state index contributed by atoms with van der Waals surface area (Å²) >= 11 is 5.87. The number of carbonyl (C=O) groups excluding carboxylic acids is 2. The summed E-state index contributed by atoms with van der Waals surface area (Å²) in [4.78, 5) is 27.0. The first-order valence-corrected chi connectivity index (χ1v) is 7.38. The molecule has 0 aliphatic carbocycles. The molecule has 0 saturated carbocycles. The van der Waals surface area contributed by atoms with E-state index in [0.717, 1.165) is 18.7 Å². The Kier molecular flexibility index (Phi) is 5.20. The van der Waals surface area contributed by atoms with Crippen molar-refractivity contribution in [3.63, 3.8) is 0 Å². The summed E-state index contributed by atoms with van der Waals surface area (Å²) in [6.07, 6.45) is 0. The van der Waals surface area contributed by atoms with E-state index < -0.39 is 0 Å². The van der Waals surface area contributed by atoms with E-state index in [2.05, 4.69) is 4.90 Å². The van der Waals surface area contributed by atoms with Crippen LogP contribution in [0.2, 0.25) is 5.02 Å². The molecule has 1 aliphatic heterocycles. The average Bonchev–Trinajstić information content (AvgIpc) is 2.46. The molecule has 1 aromatic rings. The molecule has 1 atom stereocenters. The zero-order valence-electron chi connectivity index (χ0n) is 12.1. The summed E-state index contributed by atoms with van der Waals surface area (Å²) in [5, 5.41) is 0.636. The Balaban J connectivity index is 2.00. The molecule has 2 amide bonds. The Morgan fingerprint density at radius 1 is 1.19 bits per heavy atom. The van der Waals surface area contributed by atoms with Crippen LogP contribution in [-0.2, 0) is 9.59 Å². The van der Waals surface area contributed by atoms with E-state index in [1.54, 1.807) is 19.1 Å². The van der Waals surface area contributed by atoms with Gasteiger partial charge in [-0.1, -0.05) is 23.7 Å². The molecule has 0 spiro atoms. The van der Waals surface area contributed by atoms with Crippen LogP contribution in [0.1, 0.15) is 18.4 Å². The number of hydrogen-bond donors (Lipinski definition) is 1. The topological polar surface area (TPSA) is 66.6 Å². The number of benzene rings is 1. The first kappa shape index (κ1) is 15.8. The third-order valence-corrected chi connectivity index (χ3v) is 4.13. The van der Waals surface area contributed by atoms with E-state index in [1.165, 1.54) is 0 Å². The van der Waals surface area contributed by atoms with Gasteiger partial charge in [0, 0.05) is 44.7 Å². The van der Waals surface area contributed by atoms with Crippen LogP contribution in [0.15, 0.2) is 24.3 Å². The van der Waals surface area contributed by atoms with Crippen molar-refractivity contribution in [1.29, 1.82) is 0 Å². The van der Waals surface area contributed by atoms with E-state index >= 15 is 0 Å². The molecular formula is C15H20ClN3O2. The number of primary amides is 1. The number of rotatable bonds is 4. The summed E-state index contributed by atoms with van der Waals surface area (Å²) in [7, 11) is 0. The zero-order valence-corrected chi connectivity index (χ0v) is 12.8. The van der Waals surface area contributed by atoms with Gasteiger partial charge in [0.1, 0.15) is 0 Å². The van der Waals surface area contributed by atoms with Crippen LogP contribution in [0.4, 0.5) is 0 Å². The van der Waals surface area contributed by atoms with Crippen LogP contribution < -0.4 is 5.73 Å². The smallest absolute Gasteiger partial charge is 0.226 e. The molecule has 5 nitrogen and oxygen atoms in total. The number of carbonyl (C=O) groups is 2. The van der Waals surface area contributed by atoms with Gasteiger partial charge in [0.2, 0.25) is 11.8 Å². The number of halogens is 1. The van der Waals surface area contributed by atoms with Gasteiger partial charge in [-0.2, -0.15) is 0 Å². The maximum absolute atomic E-state index is 11.7. The molecule has 0 radical (unpaired) electrons. The number of nitrogens with two attached hydrogens (primary N) is 1. The first-order chi connectivity index (χ1) is 9.97. The molecule has 1 fully saturated rings. The van der Waals surface area contributed by atoms with Gasteiger partial charge in [0.25, 0.3) is 0 Å². The Bertz CT molecular complexity index is 510. The lowest BCUT2D eigenvalue weighted by Crippen LogP contribution is -2.49. The standard InChI is InChI=1S/C15H20ClN3O2/c1-11(20)19-8-6-18(7-9-19)10-14(15(17)21)12-2-4-13(16)5-3-12/h2-5,14H,6-10H2,1H3,(H2,17,21)/t14-/m0/s1. The average molecular weight is 310 g/mol. The molecule has 21 heavy (non-hydrogen) atoms. The molecule has 0 aromatic heterocycles. The van der Waals surface area contributed by atoms with Crippen LogP contribution in [0.3, 0.4) is 0 Å². The number of amides is 2. The van der Waals surface area contributed by atoms with Gasteiger partial charge in [-0.3, -0.25) is 14.5 Å². The van der Waals surface area contributed by atoms with Crippen molar-refractivity contribution in [2.75, 3.05) is 32.7 Å². The van der Waals surface area contributed by atoms with Crippen LogP contribution in [0.5, 0.6) is 0 Å². The largest absolute Gasteiger partial charge is 0.369 e. The lowest BCUT2D eigenvalue weighted by Gasteiger charge is -2.35. The highest BCUT2D eigenvalue weighted by Crippen LogP contribution is 2.20. The third-order valence-electron chi connectivity index (χ3n) is 3.87. The fraction of sp³-hybridized carbons (Fsp3) is 0.467. The molecule has 114 valence electrons. The Labute approximate surface area is 129 Å². The van der Waals surface area contributed by atoms with E-state index in [0.29, 0.717) is 24.7 Å². The Morgan fingerprint density at radius 2 is 1.76 bits per heavy atom. The Hall–Kier alpha value is -1.59. The van der Waals surface area contributed by atoms with Crippen molar-refractivity contribution in [2.24, 2.45) is 5.73 Å². The minimum atomic E-state index is -0.355. The van der Waals surface area contributed by atoms with Crippen molar-refractivity contribution in [3.05, 3.63) is 34.9 Å². The van der Waals surface area contributed by atoms with Crippen molar-refractivity contribution in [2.45, 2.75) is 12.8 Å². The monoisotopic (exact) mass is 309 g/mol. The maximum Gasteiger partial charge on any atom is 0.226 e. The van der Waals surface area contributed by atoms with E-state index in [1.807, 2.05) is 17.0 Å². The molecule has 1 aliphatic rings. The van der Waals surface area contributed by atoms with E-state index in [9.17, 15) is 9.59 Å². The molecule has 1 saturated heterocycles. The second-order valence-electron chi connectivity index (χ2n) is 5.31. The molecule has 2 rings (SSSR count). The molecule has 6 heteroatoms. The SMILES string of the molecule is CC(=O)N1CCN(C[C@H](C(N)=O)c2ccc(Cl)cc2)CC1. The van der Waals surface area contributed by atoms with Gasteiger partial charge in [0.15, 0.2) is 0 Å². The van der Waals surface area contributed by atoms with Gasteiger partial charge in [0.05, 0.1) is 5.92 Å². The summed E-state index contributed by atoms with van der Waals surface area (Å²) in [6.45, 7) is 5.06. The highest BCUT2D eigenvalue weighted by Gasteiger charge is 2.25. The van der Waals surface area contributed by atoms with Crippen molar-refractivity contribution in [3.8, 4) is 0 Å². The van der Waals surface area contributed by atoms with Crippen molar-refractivity contribution < 1.29 is 9.59 Å². The highest BCUT2D eigenvalue weighted by molar-refractivity contribution is 6.30. The van der Waals surface area contributed by atoms with Gasteiger partial charge < -0.3 is 10.6 Å². The second-order valence-corrected chi connectivity index (χ2v) is 5.75. The minimum absolute atomic E-state index is 0.0961. The second kappa shape index (κ2) is 6.91. The molecule has 0 unspecified atom stereocenters. The minimum Gasteiger partial charge on any atom is -0.369 e. The summed E-state index contributed by atoms with van der Waals surface area (Å²) in [5.74, 6) is -0.601. The fourth-order valence-corrected chi connectivity index (χ4v) is 2.68. The number of hydrogen-bond acceptors (Lipinski definition) is 3. The van der Waals surface area contributed by atoms with Crippen LogP contribution in [0, 0.1) is 0 Å². The number of nitrogens with zero attached hydrogens (tertiary/aromatic N) is 2. The summed E-state index contributed by atoms with van der Waals surface area (Å²) in [6, 6.07) is 7.20. The van der Waals surface area contributed by atoms with Crippen molar-refractivity contribution >= 4 is 23.4 Å². The number of piperazine rings is 1. The summed E-state index contributed by atoms with van der Waals surface area (Å²) < 4.78 is 0. The molecule has 2 N–H and O–H groups in total. The Morgan fingerprint density at radius 3 is 2.24 bits per heavy atom. The van der Waals surface area contributed by atoms with Crippen LogP contribution in [-0.4, -0.2) is 54.3 Å². The zero-order chi connectivity index (χ0) is 15.4. The quantitative estimate of drug-likeness (QED) is 0.905. The van der Waals surface area contributed by atoms with Gasteiger partial charge in [-0.15, -0.1) is 0 Å². The predicted octanol–water partition coefficient (Wildman–Crippen LogP) is 1.07. The van der Waals surface area contributed by atoms with Crippen molar-refractivity contribution in [1.82, 2.24) is 9.80 Å². The van der Waals surface area contributed by atoms with Crippen LogP contribution >= 0.6 is 11.6 Å². The lowest BCUT2D eigenvalue weighted by atomic mass is 9.97. The molecule has 1 heterocycles. The first-order valence-electron chi connectivity index (χ1n) is 7.00. The van der Waals surface area contributed by atoms with Crippen LogP contribution in [0.25, 0.3) is 0 Å². The molecular weight excluding hydrogens is 290 g/mol. The van der Waals surface area contributed by atoms with Gasteiger partial charge >= 0.3 is 0 Å². The normalized spacial score (nSPS) is 17.5.